The Kier molecular flexibility index (Phi) is 6.07. The van der Waals surface area contributed by atoms with Crippen molar-refractivity contribution < 1.29 is 14.6 Å². The number of carbonyl (C=O) groups is 1. The average molecular weight is 272 g/mol. The van der Waals surface area contributed by atoms with Crippen LogP contribution in [0.15, 0.2) is 0 Å². The number of amides is 1. The first-order chi connectivity index (χ1) is 8.85. The lowest BCUT2D eigenvalue weighted by Gasteiger charge is -2.40. The minimum atomic E-state index is -0.457. The molecule has 2 atom stereocenters. The lowest BCUT2D eigenvalue weighted by atomic mass is 9.97. The van der Waals surface area contributed by atoms with E-state index >= 15 is 0 Å². The molecule has 0 bridgehead atoms. The van der Waals surface area contributed by atoms with Crippen molar-refractivity contribution in [1.29, 1.82) is 0 Å². The predicted octanol–water partition coefficient (Wildman–Crippen LogP) is 1.75. The van der Waals surface area contributed by atoms with Crippen LogP contribution in [0.4, 0.5) is 4.79 Å². The Balaban J connectivity index is 2.63. The smallest absolute Gasteiger partial charge is 0.410 e. The third kappa shape index (κ3) is 5.37. The number of ether oxygens (including phenoxy) is 1. The van der Waals surface area contributed by atoms with Gasteiger partial charge >= 0.3 is 6.09 Å². The summed E-state index contributed by atoms with van der Waals surface area (Å²) >= 11 is 0. The summed E-state index contributed by atoms with van der Waals surface area (Å²) in [7, 11) is 0. The van der Waals surface area contributed by atoms with Gasteiger partial charge in [0.1, 0.15) is 5.60 Å². The number of nitrogens with zero attached hydrogens (tertiary/aromatic N) is 1. The summed E-state index contributed by atoms with van der Waals surface area (Å²) in [5.41, 5.74) is -0.457. The fourth-order valence-corrected chi connectivity index (χ4v) is 2.45. The maximum Gasteiger partial charge on any atom is 0.410 e. The minimum Gasteiger partial charge on any atom is -0.444 e. The summed E-state index contributed by atoms with van der Waals surface area (Å²) in [6.45, 7) is 9.14. The van der Waals surface area contributed by atoms with Gasteiger partial charge in [0.2, 0.25) is 0 Å². The summed E-state index contributed by atoms with van der Waals surface area (Å²) in [5, 5.41) is 12.1. The molecule has 0 aromatic carbocycles. The van der Waals surface area contributed by atoms with E-state index < -0.39 is 5.60 Å². The van der Waals surface area contributed by atoms with E-state index in [9.17, 15) is 4.79 Å². The molecule has 5 heteroatoms. The van der Waals surface area contributed by atoms with E-state index in [2.05, 4.69) is 12.2 Å². The number of aliphatic hydroxyl groups is 1. The maximum absolute atomic E-state index is 12.2. The highest BCUT2D eigenvalue weighted by Gasteiger charge is 2.33. The van der Waals surface area contributed by atoms with Crippen molar-refractivity contribution in [3.8, 4) is 0 Å². The van der Waals surface area contributed by atoms with Crippen molar-refractivity contribution in [2.75, 3.05) is 19.7 Å². The van der Waals surface area contributed by atoms with Crippen molar-refractivity contribution in [3.63, 3.8) is 0 Å². The molecule has 1 amide bonds. The fraction of sp³-hybridized carbons (Fsp3) is 0.929. The second-order valence-corrected chi connectivity index (χ2v) is 6.20. The van der Waals surface area contributed by atoms with Crippen molar-refractivity contribution in [3.05, 3.63) is 0 Å². The van der Waals surface area contributed by atoms with Gasteiger partial charge in [-0.3, -0.25) is 0 Å². The summed E-state index contributed by atoms with van der Waals surface area (Å²) in [6.07, 6.45) is 2.92. The van der Waals surface area contributed by atoms with Crippen LogP contribution in [-0.4, -0.2) is 53.5 Å². The van der Waals surface area contributed by atoms with Gasteiger partial charge in [-0.25, -0.2) is 4.79 Å². The fourth-order valence-electron chi connectivity index (χ4n) is 2.45. The molecule has 19 heavy (non-hydrogen) atoms. The molecule has 1 aliphatic rings. The van der Waals surface area contributed by atoms with Crippen LogP contribution in [0.1, 0.15) is 47.0 Å². The Morgan fingerprint density at radius 3 is 2.74 bits per heavy atom. The van der Waals surface area contributed by atoms with Crippen LogP contribution < -0.4 is 5.32 Å². The molecule has 0 radical (unpaired) electrons. The molecule has 2 N–H and O–H groups in total. The molecule has 0 aromatic rings. The zero-order valence-corrected chi connectivity index (χ0v) is 12.6. The first-order valence-electron chi connectivity index (χ1n) is 7.19. The van der Waals surface area contributed by atoms with Gasteiger partial charge in [-0.1, -0.05) is 0 Å². The van der Waals surface area contributed by atoms with Crippen molar-refractivity contribution in [1.82, 2.24) is 10.2 Å². The Morgan fingerprint density at radius 2 is 2.16 bits per heavy atom. The Labute approximate surface area is 116 Å². The second-order valence-electron chi connectivity index (χ2n) is 6.20. The lowest BCUT2D eigenvalue weighted by molar-refractivity contribution is 0.00549. The number of rotatable bonds is 4. The van der Waals surface area contributed by atoms with Gasteiger partial charge in [-0.2, -0.15) is 0 Å². The van der Waals surface area contributed by atoms with Gasteiger partial charge < -0.3 is 20.1 Å². The molecular weight excluding hydrogens is 244 g/mol. The van der Waals surface area contributed by atoms with Gasteiger partial charge in [-0.05, 0) is 47.0 Å². The molecule has 1 rings (SSSR count). The van der Waals surface area contributed by atoms with E-state index in [0.29, 0.717) is 6.54 Å². The molecule has 1 heterocycles. The zero-order valence-electron chi connectivity index (χ0n) is 12.6. The molecule has 0 aliphatic carbocycles. The topological polar surface area (TPSA) is 61.8 Å². The number of hydrogen-bond donors (Lipinski definition) is 2. The second kappa shape index (κ2) is 7.10. The molecule has 1 fully saturated rings. The van der Waals surface area contributed by atoms with Crippen LogP contribution in [0, 0.1) is 0 Å². The predicted molar refractivity (Wildman–Crippen MR) is 75.1 cm³/mol. The highest BCUT2D eigenvalue weighted by molar-refractivity contribution is 5.68. The third-order valence-electron chi connectivity index (χ3n) is 3.33. The van der Waals surface area contributed by atoms with Gasteiger partial charge in [0.25, 0.3) is 0 Å². The number of likely N-dealkylation sites (tertiary alicyclic amines) is 1. The monoisotopic (exact) mass is 272 g/mol. The van der Waals surface area contributed by atoms with Crippen LogP contribution in [-0.2, 0) is 4.74 Å². The molecular formula is C14H28N2O3. The summed E-state index contributed by atoms with van der Waals surface area (Å²) in [5.74, 6) is 0. The van der Waals surface area contributed by atoms with Crippen molar-refractivity contribution in [2.24, 2.45) is 0 Å². The SMILES string of the molecule is CC(NCCO)C1CCCCN1C(=O)OC(C)(C)C. The number of nitrogens with one attached hydrogen (secondary N) is 1. The van der Waals surface area contributed by atoms with Crippen LogP contribution >= 0.6 is 0 Å². The van der Waals surface area contributed by atoms with E-state index in [-0.39, 0.29) is 24.8 Å². The highest BCUT2D eigenvalue weighted by Crippen LogP contribution is 2.22. The number of piperidine rings is 1. The Morgan fingerprint density at radius 1 is 1.47 bits per heavy atom. The average Bonchev–Trinajstić information content (AvgIpc) is 2.34. The zero-order chi connectivity index (χ0) is 14.5. The van der Waals surface area contributed by atoms with E-state index in [0.717, 1.165) is 25.8 Å². The van der Waals surface area contributed by atoms with Crippen LogP contribution in [0.3, 0.4) is 0 Å². The van der Waals surface area contributed by atoms with E-state index in [4.69, 9.17) is 9.84 Å². The number of carbonyl (C=O) groups excluding carboxylic acids is 1. The van der Waals surface area contributed by atoms with Crippen LogP contribution in [0.2, 0.25) is 0 Å². The largest absolute Gasteiger partial charge is 0.444 e. The summed E-state index contributed by atoms with van der Waals surface area (Å²) < 4.78 is 5.47. The van der Waals surface area contributed by atoms with Gasteiger partial charge in [0.15, 0.2) is 0 Å². The number of aliphatic hydroxyl groups excluding tert-OH is 1. The summed E-state index contributed by atoms with van der Waals surface area (Å²) in [4.78, 5) is 14.1. The van der Waals surface area contributed by atoms with Gasteiger partial charge in [0.05, 0.1) is 12.6 Å². The third-order valence-corrected chi connectivity index (χ3v) is 3.33. The quantitative estimate of drug-likeness (QED) is 0.818. The normalized spacial score (nSPS) is 22.2. The highest BCUT2D eigenvalue weighted by atomic mass is 16.6. The molecule has 0 saturated carbocycles. The van der Waals surface area contributed by atoms with Crippen molar-refractivity contribution >= 4 is 6.09 Å². The lowest BCUT2D eigenvalue weighted by Crippen LogP contribution is -2.54. The van der Waals surface area contributed by atoms with Crippen molar-refractivity contribution in [2.45, 2.75) is 64.6 Å². The molecule has 112 valence electrons. The molecule has 1 aliphatic heterocycles. The first-order valence-corrected chi connectivity index (χ1v) is 7.19. The Hall–Kier alpha value is -0.810. The molecule has 5 nitrogen and oxygen atoms in total. The van der Waals surface area contributed by atoms with E-state index in [1.54, 1.807) is 0 Å². The molecule has 1 saturated heterocycles. The van der Waals surface area contributed by atoms with E-state index in [1.807, 2.05) is 25.7 Å². The van der Waals surface area contributed by atoms with Gasteiger partial charge in [0, 0.05) is 19.1 Å². The van der Waals surface area contributed by atoms with E-state index in [1.165, 1.54) is 0 Å². The van der Waals surface area contributed by atoms with Crippen LogP contribution in [0.5, 0.6) is 0 Å². The first kappa shape index (κ1) is 16.2. The molecule has 2 unspecified atom stereocenters. The minimum absolute atomic E-state index is 0.115. The molecule has 0 aromatic heterocycles. The maximum atomic E-state index is 12.2. The molecule has 0 spiro atoms. The standard InChI is InChI=1S/C14H28N2O3/c1-11(15-8-10-17)12-7-5-6-9-16(12)13(18)19-14(2,3)4/h11-12,15,17H,5-10H2,1-4H3. The van der Waals surface area contributed by atoms with Crippen LogP contribution in [0.25, 0.3) is 0 Å². The number of hydrogen-bond acceptors (Lipinski definition) is 4. The van der Waals surface area contributed by atoms with Gasteiger partial charge in [-0.15, -0.1) is 0 Å². The summed E-state index contributed by atoms with van der Waals surface area (Å²) in [6, 6.07) is 0.315. The Bertz CT molecular complexity index is 289.